The molecule has 0 saturated heterocycles. The normalized spacial score (nSPS) is 10.5. The molecule has 0 aliphatic carbocycles. The number of hydrogen-bond acceptors (Lipinski definition) is 4. The van der Waals surface area contributed by atoms with Crippen LogP contribution in [0, 0.1) is 0 Å². The second kappa shape index (κ2) is 6.52. The first-order valence-electron chi connectivity index (χ1n) is 6.11. The minimum Gasteiger partial charge on any atom is -0.475 e. The number of anilines is 1. The smallest absolute Gasteiger partial charge is 0.218 e. The highest BCUT2D eigenvalue weighted by Crippen LogP contribution is 2.18. The Morgan fingerprint density at radius 1 is 1.26 bits per heavy atom. The van der Waals surface area contributed by atoms with E-state index >= 15 is 0 Å². The molecule has 19 heavy (non-hydrogen) atoms. The van der Waals surface area contributed by atoms with Crippen LogP contribution in [0.5, 0.6) is 5.88 Å². The van der Waals surface area contributed by atoms with Crippen molar-refractivity contribution in [1.82, 2.24) is 9.97 Å². The molecule has 0 saturated carbocycles. The maximum absolute atomic E-state index is 5.53. The lowest BCUT2D eigenvalue weighted by molar-refractivity contribution is 0.232. The van der Waals surface area contributed by atoms with E-state index in [2.05, 4.69) is 37.3 Å². The van der Waals surface area contributed by atoms with Crippen molar-refractivity contribution in [2.45, 2.75) is 26.5 Å². The van der Waals surface area contributed by atoms with E-state index in [1.807, 2.05) is 32.0 Å². The molecule has 1 N–H and O–H groups in total. The maximum Gasteiger partial charge on any atom is 0.218 e. The van der Waals surface area contributed by atoms with Gasteiger partial charge in [0.2, 0.25) is 5.88 Å². The first kappa shape index (κ1) is 13.8. The van der Waals surface area contributed by atoms with Gasteiger partial charge in [0.1, 0.15) is 12.1 Å². The predicted octanol–water partition coefficient (Wildman–Crippen LogP) is 3.64. The van der Waals surface area contributed by atoms with Crippen molar-refractivity contribution < 1.29 is 4.74 Å². The molecule has 0 aliphatic rings. The van der Waals surface area contributed by atoms with Crippen LogP contribution in [0.3, 0.4) is 0 Å². The van der Waals surface area contributed by atoms with E-state index in [1.165, 1.54) is 11.9 Å². The second-order valence-electron chi connectivity index (χ2n) is 4.35. The molecule has 0 bridgehead atoms. The fourth-order valence-electron chi connectivity index (χ4n) is 1.57. The molecule has 0 atom stereocenters. The molecule has 4 nitrogen and oxygen atoms in total. The van der Waals surface area contributed by atoms with Gasteiger partial charge in [-0.25, -0.2) is 9.97 Å². The summed E-state index contributed by atoms with van der Waals surface area (Å²) < 4.78 is 6.61. The third kappa shape index (κ3) is 4.21. The van der Waals surface area contributed by atoms with Gasteiger partial charge in [-0.2, -0.15) is 0 Å². The molecule has 0 fully saturated rings. The van der Waals surface area contributed by atoms with E-state index in [9.17, 15) is 0 Å². The van der Waals surface area contributed by atoms with Gasteiger partial charge in [-0.15, -0.1) is 0 Å². The third-order valence-electron chi connectivity index (χ3n) is 2.42. The average Bonchev–Trinajstić information content (AvgIpc) is 2.37. The topological polar surface area (TPSA) is 47.0 Å². The van der Waals surface area contributed by atoms with Gasteiger partial charge in [-0.1, -0.05) is 34.1 Å². The van der Waals surface area contributed by atoms with Crippen molar-refractivity contribution in [3.05, 3.63) is 46.7 Å². The second-order valence-corrected chi connectivity index (χ2v) is 5.21. The zero-order valence-electron chi connectivity index (χ0n) is 10.9. The molecular formula is C14H16BrN3O. The molecule has 2 aromatic rings. The summed E-state index contributed by atoms with van der Waals surface area (Å²) in [4.78, 5) is 8.24. The highest BCUT2D eigenvalue weighted by molar-refractivity contribution is 9.10. The lowest BCUT2D eigenvalue weighted by Gasteiger charge is -2.10. The molecule has 0 spiro atoms. The molecule has 1 heterocycles. The summed E-state index contributed by atoms with van der Waals surface area (Å²) in [6.07, 6.45) is 1.60. The van der Waals surface area contributed by atoms with Crippen molar-refractivity contribution in [1.29, 1.82) is 0 Å². The van der Waals surface area contributed by atoms with Crippen LogP contribution in [0.15, 0.2) is 41.1 Å². The van der Waals surface area contributed by atoms with Crippen LogP contribution in [0.25, 0.3) is 0 Å². The van der Waals surface area contributed by atoms with Gasteiger partial charge >= 0.3 is 0 Å². The standard InChI is InChI=1S/C14H16BrN3O/c1-10(2)19-14-7-13(17-9-18-14)16-8-11-5-3-4-6-12(11)15/h3-7,9-10H,8H2,1-2H3,(H,16,17,18). The lowest BCUT2D eigenvalue weighted by atomic mass is 10.2. The fraction of sp³-hybridized carbons (Fsp3) is 0.286. The zero-order valence-corrected chi connectivity index (χ0v) is 12.5. The maximum atomic E-state index is 5.53. The van der Waals surface area contributed by atoms with E-state index in [4.69, 9.17) is 4.74 Å². The highest BCUT2D eigenvalue weighted by atomic mass is 79.9. The number of aromatic nitrogens is 2. The van der Waals surface area contributed by atoms with E-state index in [1.54, 1.807) is 6.07 Å². The van der Waals surface area contributed by atoms with E-state index in [0.29, 0.717) is 12.4 Å². The Kier molecular flexibility index (Phi) is 4.74. The summed E-state index contributed by atoms with van der Waals surface area (Å²) >= 11 is 3.52. The summed E-state index contributed by atoms with van der Waals surface area (Å²) in [6, 6.07) is 9.88. The molecule has 0 amide bonds. The molecule has 100 valence electrons. The minimum atomic E-state index is 0.103. The van der Waals surface area contributed by atoms with Crippen LogP contribution in [-0.2, 0) is 6.54 Å². The Bertz CT molecular complexity index is 546. The largest absolute Gasteiger partial charge is 0.475 e. The number of halogens is 1. The van der Waals surface area contributed by atoms with Crippen molar-refractivity contribution in [2.75, 3.05) is 5.32 Å². The van der Waals surface area contributed by atoms with Crippen LogP contribution in [0.1, 0.15) is 19.4 Å². The third-order valence-corrected chi connectivity index (χ3v) is 3.19. The van der Waals surface area contributed by atoms with Crippen LogP contribution < -0.4 is 10.1 Å². The summed E-state index contributed by atoms with van der Waals surface area (Å²) in [7, 11) is 0. The SMILES string of the molecule is CC(C)Oc1cc(NCc2ccccc2Br)ncn1. The van der Waals surface area contributed by atoms with Crippen molar-refractivity contribution in [2.24, 2.45) is 0 Å². The van der Waals surface area contributed by atoms with Crippen LogP contribution in [-0.4, -0.2) is 16.1 Å². The quantitative estimate of drug-likeness (QED) is 0.913. The molecule has 1 aromatic carbocycles. The van der Waals surface area contributed by atoms with Gasteiger partial charge in [-0.3, -0.25) is 0 Å². The minimum absolute atomic E-state index is 0.103. The van der Waals surface area contributed by atoms with Crippen LogP contribution >= 0.6 is 15.9 Å². The number of nitrogens with zero attached hydrogens (tertiary/aromatic N) is 2. The lowest BCUT2D eigenvalue weighted by Crippen LogP contribution is -2.08. The van der Waals surface area contributed by atoms with E-state index in [0.717, 1.165) is 10.3 Å². The van der Waals surface area contributed by atoms with Gasteiger partial charge in [0.05, 0.1) is 6.10 Å². The van der Waals surface area contributed by atoms with Gasteiger partial charge in [0.15, 0.2) is 0 Å². The predicted molar refractivity (Wildman–Crippen MR) is 79.3 cm³/mol. The summed E-state index contributed by atoms with van der Waals surface area (Å²) in [5, 5.41) is 3.25. The number of nitrogens with one attached hydrogen (secondary N) is 1. The highest BCUT2D eigenvalue weighted by Gasteiger charge is 2.03. The molecule has 5 heteroatoms. The monoisotopic (exact) mass is 321 g/mol. The molecule has 0 aliphatic heterocycles. The summed E-state index contributed by atoms with van der Waals surface area (Å²) in [6.45, 7) is 4.63. The van der Waals surface area contributed by atoms with Crippen molar-refractivity contribution in [3.63, 3.8) is 0 Å². The van der Waals surface area contributed by atoms with Gasteiger partial charge < -0.3 is 10.1 Å². The number of rotatable bonds is 5. The molecule has 0 radical (unpaired) electrons. The van der Waals surface area contributed by atoms with Crippen LogP contribution in [0.4, 0.5) is 5.82 Å². The van der Waals surface area contributed by atoms with E-state index < -0.39 is 0 Å². The van der Waals surface area contributed by atoms with Crippen molar-refractivity contribution in [3.8, 4) is 5.88 Å². The average molecular weight is 322 g/mol. The molecule has 2 rings (SSSR count). The zero-order chi connectivity index (χ0) is 13.7. The Morgan fingerprint density at radius 3 is 2.79 bits per heavy atom. The van der Waals surface area contributed by atoms with Crippen molar-refractivity contribution >= 4 is 21.7 Å². The fourth-order valence-corrected chi connectivity index (χ4v) is 1.99. The Morgan fingerprint density at radius 2 is 2.05 bits per heavy atom. The summed E-state index contributed by atoms with van der Waals surface area (Å²) in [5.41, 5.74) is 1.17. The molecule has 0 unspecified atom stereocenters. The number of benzene rings is 1. The first-order valence-corrected chi connectivity index (χ1v) is 6.90. The Hall–Kier alpha value is -1.62. The van der Waals surface area contributed by atoms with E-state index in [-0.39, 0.29) is 6.10 Å². The number of ether oxygens (including phenoxy) is 1. The van der Waals surface area contributed by atoms with Gasteiger partial charge in [0.25, 0.3) is 0 Å². The van der Waals surface area contributed by atoms with Gasteiger partial charge in [0, 0.05) is 17.1 Å². The van der Waals surface area contributed by atoms with Gasteiger partial charge in [-0.05, 0) is 25.5 Å². The first-order chi connectivity index (χ1) is 9.15. The number of hydrogen-bond donors (Lipinski definition) is 1. The molecular weight excluding hydrogens is 306 g/mol. The Balaban J connectivity index is 2.02. The molecule has 1 aromatic heterocycles. The van der Waals surface area contributed by atoms with Crippen LogP contribution in [0.2, 0.25) is 0 Å². The summed E-state index contributed by atoms with van der Waals surface area (Å²) in [5.74, 6) is 1.33. The Labute approximate surface area is 121 Å².